The highest BCUT2D eigenvalue weighted by Crippen LogP contribution is 2.10. The number of amides is 3. The summed E-state index contributed by atoms with van der Waals surface area (Å²) in [4.78, 5) is 56.5. The molecule has 8 N–H and O–H groups in total. The molecule has 3 amide bonds. The number of aliphatic carboxylic acids is 1. The quantitative estimate of drug-likeness (QED) is 0.180. The highest BCUT2D eigenvalue weighted by molar-refractivity contribution is 5.94. The second kappa shape index (κ2) is 13.7. The number of nitrogens with zero attached hydrogens (tertiary/aromatic N) is 1. The van der Waals surface area contributed by atoms with Crippen molar-refractivity contribution < 1.29 is 29.4 Å². The summed E-state index contributed by atoms with van der Waals surface area (Å²) in [6, 6.07) is -4.55. The summed E-state index contributed by atoms with van der Waals surface area (Å²) in [5, 5.41) is 27.0. The number of carboxylic acid groups (broad SMARTS) is 1. The lowest BCUT2D eigenvalue weighted by molar-refractivity contribution is -0.143. The average molecular weight is 483 g/mol. The highest BCUT2D eigenvalue weighted by atomic mass is 16.4. The lowest BCUT2D eigenvalue weighted by Gasteiger charge is -2.27. The zero-order valence-corrected chi connectivity index (χ0v) is 20.4. The van der Waals surface area contributed by atoms with Gasteiger partial charge in [-0.2, -0.15) is 0 Å². The predicted molar refractivity (Wildman–Crippen MR) is 124 cm³/mol. The van der Waals surface area contributed by atoms with E-state index in [0.29, 0.717) is 12.1 Å². The van der Waals surface area contributed by atoms with Crippen LogP contribution in [0.2, 0.25) is 0 Å². The second-order valence-electron chi connectivity index (χ2n) is 9.01. The standard InChI is InChI=1S/C22H38N6O6/c1-6-12(4)17(23)20(31)26-15(7-11(2)3)19(30)28-18(13(5)29)21(32)27-16(22(33)34)8-14-9-24-10-25-14/h9-13,15-18,29H,6-8,23H2,1-5H3,(H,24,25)(H,26,31)(H,27,32)(H,28,30)(H,33,34). The molecule has 0 saturated carbocycles. The Morgan fingerprint density at radius 2 is 1.65 bits per heavy atom. The van der Waals surface area contributed by atoms with Crippen LogP contribution >= 0.6 is 0 Å². The van der Waals surface area contributed by atoms with Crippen molar-refractivity contribution in [2.45, 2.75) is 84.2 Å². The molecule has 1 aromatic rings. The van der Waals surface area contributed by atoms with Gasteiger partial charge in [0.2, 0.25) is 17.7 Å². The molecule has 0 spiro atoms. The molecular formula is C22H38N6O6. The number of aliphatic hydroxyl groups is 1. The van der Waals surface area contributed by atoms with Crippen LogP contribution in [-0.4, -0.2) is 74.1 Å². The van der Waals surface area contributed by atoms with Gasteiger partial charge in [-0.3, -0.25) is 14.4 Å². The number of rotatable bonds is 14. The first-order valence-corrected chi connectivity index (χ1v) is 11.4. The molecule has 6 atom stereocenters. The van der Waals surface area contributed by atoms with Crippen LogP contribution in [0.4, 0.5) is 0 Å². The molecule has 1 heterocycles. The van der Waals surface area contributed by atoms with Gasteiger partial charge in [0, 0.05) is 18.3 Å². The number of hydrogen-bond donors (Lipinski definition) is 7. The van der Waals surface area contributed by atoms with Gasteiger partial charge in [0.05, 0.1) is 18.5 Å². The van der Waals surface area contributed by atoms with E-state index in [2.05, 4.69) is 25.9 Å². The number of hydrogen-bond acceptors (Lipinski definition) is 7. The molecule has 0 aromatic carbocycles. The van der Waals surface area contributed by atoms with Crippen LogP contribution in [-0.2, 0) is 25.6 Å². The number of carbonyl (C=O) groups excluding carboxylic acids is 3. The normalized spacial score (nSPS) is 16.6. The fraction of sp³-hybridized carbons (Fsp3) is 0.682. The molecule has 0 aliphatic rings. The van der Waals surface area contributed by atoms with Crippen LogP contribution in [0.5, 0.6) is 0 Å². The topological polar surface area (TPSA) is 200 Å². The number of carbonyl (C=O) groups is 4. The van der Waals surface area contributed by atoms with E-state index < -0.39 is 54.0 Å². The summed E-state index contributed by atoms with van der Waals surface area (Å²) in [5.41, 5.74) is 6.46. The van der Waals surface area contributed by atoms with Crippen molar-refractivity contribution in [1.82, 2.24) is 25.9 Å². The molecule has 0 bridgehead atoms. The van der Waals surface area contributed by atoms with Gasteiger partial charge in [-0.15, -0.1) is 0 Å². The van der Waals surface area contributed by atoms with Crippen molar-refractivity contribution in [3.8, 4) is 0 Å². The zero-order chi connectivity index (χ0) is 26.0. The van der Waals surface area contributed by atoms with E-state index >= 15 is 0 Å². The van der Waals surface area contributed by atoms with Gasteiger partial charge in [-0.25, -0.2) is 9.78 Å². The summed E-state index contributed by atoms with van der Waals surface area (Å²) in [6.45, 7) is 8.76. The van der Waals surface area contributed by atoms with Crippen LogP contribution in [0.3, 0.4) is 0 Å². The molecule has 0 saturated heterocycles. The molecule has 12 nitrogen and oxygen atoms in total. The smallest absolute Gasteiger partial charge is 0.326 e. The van der Waals surface area contributed by atoms with Crippen LogP contribution in [0.1, 0.15) is 53.2 Å². The highest BCUT2D eigenvalue weighted by Gasteiger charge is 2.33. The first-order valence-electron chi connectivity index (χ1n) is 11.4. The summed E-state index contributed by atoms with van der Waals surface area (Å²) < 4.78 is 0. The van der Waals surface area contributed by atoms with Crippen molar-refractivity contribution in [2.24, 2.45) is 17.6 Å². The maximum Gasteiger partial charge on any atom is 0.326 e. The van der Waals surface area contributed by atoms with Gasteiger partial charge < -0.3 is 36.9 Å². The van der Waals surface area contributed by atoms with Gasteiger partial charge in [-0.1, -0.05) is 34.1 Å². The van der Waals surface area contributed by atoms with Crippen molar-refractivity contribution in [3.63, 3.8) is 0 Å². The largest absolute Gasteiger partial charge is 0.480 e. The van der Waals surface area contributed by atoms with E-state index in [4.69, 9.17) is 5.73 Å². The molecule has 34 heavy (non-hydrogen) atoms. The predicted octanol–water partition coefficient (Wildman–Crippen LogP) is -0.708. The second-order valence-corrected chi connectivity index (χ2v) is 9.01. The molecule has 0 radical (unpaired) electrons. The van der Waals surface area contributed by atoms with Crippen molar-refractivity contribution in [2.75, 3.05) is 0 Å². The number of nitrogens with two attached hydrogens (primary N) is 1. The first kappa shape index (κ1) is 29.0. The third kappa shape index (κ3) is 9.10. The van der Waals surface area contributed by atoms with Crippen molar-refractivity contribution in [3.05, 3.63) is 18.2 Å². The molecule has 0 fully saturated rings. The van der Waals surface area contributed by atoms with Gasteiger partial charge in [-0.05, 0) is 25.2 Å². The fourth-order valence-corrected chi connectivity index (χ4v) is 3.22. The van der Waals surface area contributed by atoms with E-state index in [0.717, 1.165) is 0 Å². The van der Waals surface area contributed by atoms with E-state index in [1.807, 2.05) is 27.7 Å². The average Bonchev–Trinajstić information content (AvgIpc) is 3.27. The Morgan fingerprint density at radius 1 is 1.03 bits per heavy atom. The molecule has 12 heteroatoms. The maximum atomic E-state index is 13.0. The number of nitrogens with one attached hydrogen (secondary N) is 4. The minimum Gasteiger partial charge on any atom is -0.480 e. The minimum absolute atomic E-state index is 0.0282. The Bertz CT molecular complexity index is 813. The van der Waals surface area contributed by atoms with Crippen LogP contribution in [0, 0.1) is 11.8 Å². The summed E-state index contributed by atoms with van der Waals surface area (Å²) in [5.74, 6) is -3.40. The van der Waals surface area contributed by atoms with Crippen LogP contribution in [0.15, 0.2) is 12.5 Å². The summed E-state index contributed by atoms with van der Waals surface area (Å²) in [6.07, 6.45) is 2.37. The Balaban J connectivity index is 2.95. The third-order valence-corrected chi connectivity index (χ3v) is 5.56. The van der Waals surface area contributed by atoms with Crippen molar-refractivity contribution >= 4 is 23.7 Å². The Kier molecular flexibility index (Phi) is 11.7. The van der Waals surface area contributed by atoms with Gasteiger partial charge in [0.15, 0.2) is 0 Å². The van der Waals surface area contributed by atoms with Crippen LogP contribution < -0.4 is 21.7 Å². The number of imidazole rings is 1. The van der Waals surface area contributed by atoms with Gasteiger partial charge >= 0.3 is 5.97 Å². The lowest BCUT2D eigenvalue weighted by Crippen LogP contribution is -2.60. The molecule has 6 unspecified atom stereocenters. The molecule has 192 valence electrons. The van der Waals surface area contributed by atoms with E-state index in [1.54, 1.807) is 0 Å². The number of aliphatic hydroxyl groups excluding tert-OH is 1. The van der Waals surface area contributed by atoms with Gasteiger partial charge in [0.1, 0.15) is 18.1 Å². The lowest BCUT2D eigenvalue weighted by atomic mass is 9.97. The monoisotopic (exact) mass is 482 g/mol. The number of aromatic amines is 1. The SMILES string of the molecule is CCC(C)C(N)C(=O)NC(CC(C)C)C(=O)NC(C(=O)NC(Cc1cnc[nH]1)C(=O)O)C(C)O. The first-order chi connectivity index (χ1) is 15.9. The van der Waals surface area contributed by atoms with E-state index in [1.165, 1.54) is 19.4 Å². The third-order valence-electron chi connectivity index (χ3n) is 5.56. The minimum atomic E-state index is -1.44. The number of aromatic nitrogens is 2. The maximum absolute atomic E-state index is 13.0. The van der Waals surface area contributed by atoms with E-state index in [9.17, 15) is 29.4 Å². The van der Waals surface area contributed by atoms with Crippen LogP contribution in [0.25, 0.3) is 0 Å². The summed E-state index contributed by atoms with van der Waals surface area (Å²) >= 11 is 0. The van der Waals surface area contributed by atoms with E-state index in [-0.39, 0.29) is 24.7 Å². The number of carboxylic acids is 1. The van der Waals surface area contributed by atoms with Gasteiger partial charge in [0.25, 0.3) is 0 Å². The van der Waals surface area contributed by atoms with Crippen molar-refractivity contribution in [1.29, 1.82) is 0 Å². The molecule has 1 rings (SSSR count). The molecular weight excluding hydrogens is 444 g/mol. The molecule has 0 aliphatic heterocycles. The Morgan fingerprint density at radius 3 is 2.12 bits per heavy atom. The Labute approximate surface area is 199 Å². The zero-order valence-electron chi connectivity index (χ0n) is 20.4. The summed E-state index contributed by atoms with van der Waals surface area (Å²) in [7, 11) is 0. The Hall–Kier alpha value is -2.99. The molecule has 1 aromatic heterocycles. The fourth-order valence-electron chi connectivity index (χ4n) is 3.22. The number of H-pyrrole nitrogens is 1. The molecule has 0 aliphatic carbocycles.